The highest BCUT2D eigenvalue weighted by Crippen LogP contribution is 2.34. The first-order valence-corrected chi connectivity index (χ1v) is 10.4. The number of carbonyl (C=O) groups excluding carboxylic acids is 1. The second kappa shape index (κ2) is 6.83. The molecule has 0 bridgehead atoms. The van der Waals surface area contributed by atoms with Gasteiger partial charge in [-0.3, -0.25) is 14.5 Å². The minimum Gasteiger partial charge on any atom is -0.468 e. The monoisotopic (exact) mass is 395 g/mol. The predicted molar refractivity (Wildman–Crippen MR) is 107 cm³/mol. The summed E-state index contributed by atoms with van der Waals surface area (Å²) in [6, 6.07) is 7.76. The van der Waals surface area contributed by atoms with Crippen molar-refractivity contribution in [2.24, 2.45) is 0 Å². The Kier molecular flexibility index (Phi) is 4.29. The molecule has 1 aliphatic carbocycles. The molecule has 2 aromatic heterocycles. The molecule has 6 nitrogen and oxygen atoms in total. The van der Waals surface area contributed by atoms with Gasteiger partial charge in [0, 0.05) is 11.4 Å². The number of hydrogen-bond donors (Lipinski definition) is 1. The molecule has 0 unspecified atom stereocenters. The van der Waals surface area contributed by atoms with E-state index in [2.05, 4.69) is 17.1 Å². The van der Waals surface area contributed by atoms with E-state index in [4.69, 9.17) is 9.72 Å². The number of aromatic nitrogens is 2. The number of H-pyrrole nitrogens is 1. The Labute approximate surface area is 166 Å². The molecule has 2 aliphatic rings. The molecular formula is C21H21N3O3S. The molecule has 3 heterocycles. The van der Waals surface area contributed by atoms with Crippen LogP contribution in [0.15, 0.2) is 29.1 Å². The number of hydrogen-bond acceptors (Lipinski definition) is 6. The maximum atomic E-state index is 12.7. The SMILES string of the molecule is COC(=O)[C@H]1Cc2ccccc2CN1Cc1nc2sc3c(c2c(=O)[nH]1)CCC3. The lowest BCUT2D eigenvalue weighted by molar-refractivity contribution is -0.148. The zero-order valence-electron chi connectivity index (χ0n) is 15.7. The van der Waals surface area contributed by atoms with Crippen molar-refractivity contribution in [3.05, 3.63) is 62.0 Å². The summed E-state index contributed by atoms with van der Waals surface area (Å²) < 4.78 is 5.04. The number of nitrogens with one attached hydrogen (secondary N) is 1. The van der Waals surface area contributed by atoms with E-state index in [-0.39, 0.29) is 17.6 Å². The minimum atomic E-state index is -0.380. The molecule has 1 aromatic carbocycles. The van der Waals surface area contributed by atoms with Gasteiger partial charge < -0.3 is 9.72 Å². The second-order valence-electron chi connectivity index (χ2n) is 7.47. The number of methoxy groups -OCH3 is 1. The van der Waals surface area contributed by atoms with Gasteiger partial charge in [0.2, 0.25) is 0 Å². The summed E-state index contributed by atoms with van der Waals surface area (Å²) in [5.41, 5.74) is 3.48. The van der Waals surface area contributed by atoms with Gasteiger partial charge in [-0.1, -0.05) is 24.3 Å². The number of aromatic amines is 1. The van der Waals surface area contributed by atoms with Crippen molar-refractivity contribution in [2.75, 3.05) is 7.11 Å². The minimum absolute atomic E-state index is 0.0635. The number of benzene rings is 1. The fourth-order valence-corrected chi connectivity index (χ4v) is 5.71. The van der Waals surface area contributed by atoms with E-state index < -0.39 is 0 Å². The Balaban J connectivity index is 1.50. The molecule has 1 N–H and O–H groups in total. The normalized spacial score (nSPS) is 18.8. The van der Waals surface area contributed by atoms with Crippen LogP contribution in [0.25, 0.3) is 10.2 Å². The molecule has 5 rings (SSSR count). The molecule has 144 valence electrons. The molecule has 0 fully saturated rings. The van der Waals surface area contributed by atoms with Crippen LogP contribution in [0.3, 0.4) is 0 Å². The van der Waals surface area contributed by atoms with E-state index in [1.165, 1.54) is 28.7 Å². The fourth-order valence-electron chi connectivity index (χ4n) is 4.43. The highest BCUT2D eigenvalue weighted by atomic mass is 32.1. The molecule has 1 atom stereocenters. The van der Waals surface area contributed by atoms with Crippen molar-refractivity contribution in [3.8, 4) is 0 Å². The molecule has 0 saturated heterocycles. The van der Waals surface area contributed by atoms with Crippen molar-refractivity contribution >= 4 is 27.5 Å². The third-order valence-electron chi connectivity index (χ3n) is 5.80. The number of nitrogens with zero attached hydrogens (tertiary/aromatic N) is 2. The van der Waals surface area contributed by atoms with Crippen LogP contribution < -0.4 is 5.56 Å². The first-order chi connectivity index (χ1) is 13.6. The molecule has 1 aliphatic heterocycles. The summed E-state index contributed by atoms with van der Waals surface area (Å²) in [4.78, 5) is 37.0. The van der Waals surface area contributed by atoms with Crippen LogP contribution in [0, 0.1) is 0 Å². The molecule has 3 aromatic rings. The summed E-state index contributed by atoms with van der Waals surface area (Å²) in [5.74, 6) is 0.346. The molecule has 0 radical (unpaired) electrons. The maximum absolute atomic E-state index is 12.7. The van der Waals surface area contributed by atoms with Crippen LogP contribution in [-0.2, 0) is 41.9 Å². The number of ether oxygens (including phenoxy) is 1. The Bertz CT molecular complexity index is 1130. The summed E-state index contributed by atoms with van der Waals surface area (Å²) in [6.07, 6.45) is 3.72. The summed E-state index contributed by atoms with van der Waals surface area (Å²) >= 11 is 1.64. The highest BCUT2D eigenvalue weighted by Gasteiger charge is 2.33. The predicted octanol–water partition coefficient (Wildman–Crippen LogP) is 2.57. The van der Waals surface area contributed by atoms with Gasteiger partial charge in [-0.15, -0.1) is 11.3 Å². The van der Waals surface area contributed by atoms with Crippen molar-refractivity contribution in [1.82, 2.24) is 14.9 Å². The Morgan fingerprint density at radius 3 is 2.96 bits per heavy atom. The van der Waals surface area contributed by atoms with E-state index in [1.807, 2.05) is 17.0 Å². The van der Waals surface area contributed by atoms with Crippen LogP contribution in [0.2, 0.25) is 0 Å². The molecule has 28 heavy (non-hydrogen) atoms. The number of fused-ring (bicyclic) bond motifs is 4. The van der Waals surface area contributed by atoms with E-state index in [1.54, 1.807) is 11.3 Å². The molecule has 7 heteroatoms. The van der Waals surface area contributed by atoms with Crippen LogP contribution in [0.4, 0.5) is 0 Å². The third kappa shape index (κ3) is 2.86. The Morgan fingerprint density at radius 2 is 2.14 bits per heavy atom. The van der Waals surface area contributed by atoms with Crippen molar-refractivity contribution < 1.29 is 9.53 Å². The smallest absolute Gasteiger partial charge is 0.323 e. The first kappa shape index (κ1) is 17.6. The van der Waals surface area contributed by atoms with Gasteiger partial charge >= 0.3 is 5.97 Å². The third-order valence-corrected chi connectivity index (χ3v) is 6.98. The zero-order chi connectivity index (χ0) is 19.3. The summed E-state index contributed by atoms with van der Waals surface area (Å²) in [5, 5.41) is 0.759. The number of aryl methyl sites for hydroxylation is 2. The Hall–Kier alpha value is -2.51. The molecule has 0 amide bonds. The lowest BCUT2D eigenvalue weighted by atomic mass is 9.94. The summed E-state index contributed by atoms with van der Waals surface area (Å²) in [7, 11) is 1.42. The van der Waals surface area contributed by atoms with Crippen molar-refractivity contribution in [2.45, 2.75) is 44.8 Å². The zero-order valence-corrected chi connectivity index (χ0v) is 16.5. The summed E-state index contributed by atoms with van der Waals surface area (Å²) in [6.45, 7) is 1.03. The standard InChI is InChI=1S/C21H21N3O3S/c1-27-21(26)15-9-12-5-2-3-6-13(12)10-24(15)11-17-22-19(25)18-14-7-4-8-16(14)28-20(18)23-17/h2-3,5-6,15H,4,7-11H2,1H3,(H,22,23,25)/t15-/m1/s1. The number of rotatable bonds is 3. The van der Waals surface area contributed by atoms with Gasteiger partial charge in [0.1, 0.15) is 16.7 Å². The fraction of sp³-hybridized carbons (Fsp3) is 0.381. The number of carbonyl (C=O) groups is 1. The van der Waals surface area contributed by atoms with E-state index in [9.17, 15) is 9.59 Å². The van der Waals surface area contributed by atoms with Crippen molar-refractivity contribution in [1.29, 1.82) is 0 Å². The number of esters is 1. The van der Waals surface area contributed by atoms with Gasteiger partial charge in [-0.05, 0) is 42.4 Å². The quantitative estimate of drug-likeness (QED) is 0.690. The van der Waals surface area contributed by atoms with Gasteiger partial charge in [0.15, 0.2) is 0 Å². The van der Waals surface area contributed by atoms with E-state index >= 15 is 0 Å². The van der Waals surface area contributed by atoms with Gasteiger partial charge in [-0.2, -0.15) is 0 Å². The van der Waals surface area contributed by atoms with Gasteiger partial charge in [0.05, 0.1) is 19.0 Å². The van der Waals surface area contributed by atoms with Crippen LogP contribution in [0.1, 0.15) is 33.8 Å². The Morgan fingerprint density at radius 1 is 1.32 bits per heavy atom. The largest absolute Gasteiger partial charge is 0.468 e. The van der Waals surface area contributed by atoms with Crippen LogP contribution in [0.5, 0.6) is 0 Å². The first-order valence-electron chi connectivity index (χ1n) is 9.56. The average Bonchev–Trinajstić information content (AvgIpc) is 3.27. The lowest BCUT2D eigenvalue weighted by Gasteiger charge is -2.34. The maximum Gasteiger partial charge on any atom is 0.323 e. The molecule has 0 saturated carbocycles. The van der Waals surface area contributed by atoms with Crippen LogP contribution in [-0.4, -0.2) is 34.0 Å². The molecule has 0 spiro atoms. The van der Waals surface area contributed by atoms with Gasteiger partial charge in [0.25, 0.3) is 5.56 Å². The van der Waals surface area contributed by atoms with Crippen molar-refractivity contribution in [3.63, 3.8) is 0 Å². The van der Waals surface area contributed by atoms with E-state index in [0.717, 1.165) is 29.5 Å². The topological polar surface area (TPSA) is 75.3 Å². The highest BCUT2D eigenvalue weighted by molar-refractivity contribution is 7.18. The number of thiophene rings is 1. The molecular weight excluding hydrogens is 374 g/mol. The lowest BCUT2D eigenvalue weighted by Crippen LogP contribution is -2.46. The van der Waals surface area contributed by atoms with Gasteiger partial charge in [-0.25, -0.2) is 4.98 Å². The van der Waals surface area contributed by atoms with E-state index in [0.29, 0.717) is 25.3 Å². The average molecular weight is 395 g/mol. The van der Waals surface area contributed by atoms with Crippen LogP contribution >= 0.6 is 11.3 Å². The second-order valence-corrected chi connectivity index (χ2v) is 8.55.